The first-order valence-electron chi connectivity index (χ1n) is 10.2. The number of nitrogens with one attached hydrogen (secondary N) is 2. The third-order valence-corrected chi connectivity index (χ3v) is 6.57. The van der Waals surface area contributed by atoms with Crippen LogP contribution < -0.4 is 14.9 Å². The summed E-state index contributed by atoms with van der Waals surface area (Å²) >= 11 is 0. The second-order valence-corrected chi connectivity index (χ2v) is 9.33. The fourth-order valence-corrected chi connectivity index (χ4v) is 4.40. The Balaban J connectivity index is 1.36. The molecule has 1 amide bonds. The number of para-hydroxylation sites is 1. The van der Waals surface area contributed by atoms with E-state index in [1.165, 1.54) is 6.07 Å². The lowest BCUT2D eigenvalue weighted by Crippen LogP contribution is -2.28. The predicted octanol–water partition coefficient (Wildman–Crippen LogP) is 2.84. The Bertz CT molecular complexity index is 960. The van der Waals surface area contributed by atoms with Crippen molar-refractivity contribution < 1.29 is 17.6 Å². The average molecular weight is 434 g/mol. The smallest absolute Gasteiger partial charge is 0.240 e. The van der Waals surface area contributed by atoms with Gasteiger partial charge in [-0.3, -0.25) is 4.79 Å². The summed E-state index contributed by atoms with van der Waals surface area (Å²) in [6.07, 6.45) is 3.36. The summed E-state index contributed by atoms with van der Waals surface area (Å²) in [6.45, 7) is 1.15. The Morgan fingerprint density at radius 2 is 1.83 bits per heavy atom. The summed E-state index contributed by atoms with van der Waals surface area (Å²) in [5, 5.41) is 2.87. The molecular weight excluding hydrogens is 405 g/mol. The van der Waals surface area contributed by atoms with Gasteiger partial charge in [-0.25, -0.2) is 17.5 Å². The Kier molecular flexibility index (Phi) is 7.44. The fourth-order valence-electron chi connectivity index (χ4n) is 3.10. The lowest BCUT2D eigenvalue weighted by molar-refractivity contribution is -0.121. The minimum Gasteiger partial charge on any atom is -0.372 e. The number of aryl methyl sites for hydroxylation is 1. The van der Waals surface area contributed by atoms with E-state index < -0.39 is 10.0 Å². The molecule has 0 saturated heterocycles. The standard InChI is InChI=1S/C22H28FN3O3S/c1-26(21-6-3-2-5-20(21)23)16-4-15-24-22(27)14-9-17-7-12-19(13-8-17)30(28,29)25-18-10-11-18/h2-3,5-8,12-13,18,25H,4,9-11,14-16H2,1H3,(H,24,27). The van der Waals surface area contributed by atoms with Gasteiger partial charge >= 0.3 is 0 Å². The van der Waals surface area contributed by atoms with Crippen LogP contribution in [0.4, 0.5) is 10.1 Å². The van der Waals surface area contributed by atoms with E-state index in [9.17, 15) is 17.6 Å². The van der Waals surface area contributed by atoms with Crippen molar-refractivity contribution in [2.24, 2.45) is 0 Å². The highest BCUT2D eigenvalue weighted by atomic mass is 32.2. The number of carbonyl (C=O) groups excluding carboxylic acids is 1. The number of hydrogen-bond donors (Lipinski definition) is 2. The average Bonchev–Trinajstić information content (AvgIpc) is 3.53. The molecule has 0 aromatic heterocycles. The number of amides is 1. The molecule has 2 aromatic rings. The maximum absolute atomic E-state index is 13.7. The number of rotatable bonds is 11. The van der Waals surface area contributed by atoms with Crippen molar-refractivity contribution in [1.29, 1.82) is 0 Å². The molecule has 30 heavy (non-hydrogen) atoms. The quantitative estimate of drug-likeness (QED) is 0.534. The molecule has 0 unspecified atom stereocenters. The third-order valence-electron chi connectivity index (χ3n) is 5.03. The van der Waals surface area contributed by atoms with E-state index in [1.54, 1.807) is 42.5 Å². The molecule has 2 N–H and O–H groups in total. The van der Waals surface area contributed by atoms with Crippen molar-refractivity contribution in [1.82, 2.24) is 10.0 Å². The molecular formula is C22H28FN3O3S. The molecule has 3 rings (SSSR count). The number of anilines is 1. The van der Waals surface area contributed by atoms with Crippen LogP contribution in [0.2, 0.25) is 0 Å². The highest BCUT2D eigenvalue weighted by Crippen LogP contribution is 2.22. The first-order chi connectivity index (χ1) is 14.3. The third kappa shape index (κ3) is 6.53. The van der Waals surface area contributed by atoms with Gasteiger partial charge in [-0.05, 0) is 55.5 Å². The Hall–Kier alpha value is -2.45. The maximum atomic E-state index is 13.7. The van der Waals surface area contributed by atoms with Crippen LogP contribution in [0.5, 0.6) is 0 Å². The molecule has 0 aliphatic heterocycles. The molecule has 1 saturated carbocycles. The van der Waals surface area contributed by atoms with Crippen molar-refractivity contribution in [3.63, 3.8) is 0 Å². The normalized spacial score (nSPS) is 13.8. The molecule has 0 heterocycles. The van der Waals surface area contributed by atoms with Gasteiger partial charge in [0.2, 0.25) is 15.9 Å². The lowest BCUT2D eigenvalue weighted by Gasteiger charge is -2.19. The van der Waals surface area contributed by atoms with Gasteiger partial charge in [-0.1, -0.05) is 24.3 Å². The number of benzene rings is 2. The summed E-state index contributed by atoms with van der Waals surface area (Å²) < 4.78 is 40.7. The first-order valence-corrected chi connectivity index (χ1v) is 11.7. The van der Waals surface area contributed by atoms with E-state index in [1.807, 2.05) is 11.9 Å². The van der Waals surface area contributed by atoms with Crippen LogP contribution in [0.15, 0.2) is 53.4 Å². The van der Waals surface area contributed by atoms with Crippen LogP contribution in [-0.4, -0.2) is 40.5 Å². The zero-order chi connectivity index (χ0) is 21.6. The van der Waals surface area contributed by atoms with Crippen LogP contribution >= 0.6 is 0 Å². The van der Waals surface area contributed by atoms with E-state index in [0.29, 0.717) is 38.0 Å². The van der Waals surface area contributed by atoms with Crippen LogP contribution in [0.25, 0.3) is 0 Å². The van der Waals surface area contributed by atoms with E-state index in [4.69, 9.17) is 0 Å². The van der Waals surface area contributed by atoms with Crippen LogP contribution in [0.3, 0.4) is 0 Å². The summed E-state index contributed by atoms with van der Waals surface area (Å²) in [5.74, 6) is -0.318. The zero-order valence-electron chi connectivity index (χ0n) is 17.1. The van der Waals surface area contributed by atoms with E-state index in [0.717, 1.165) is 18.4 Å². The number of sulfonamides is 1. The SMILES string of the molecule is CN(CCCNC(=O)CCc1ccc(S(=O)(=O)NC2CC2)cc1)c1ccccc1F. The highest BCUT2D eigenvalue weighted by molar-refractivity contribution is 7.89. The van der Waals surface area contributed by atoms with Gasteiger partial charge in [0.25, 0.3) is 0 Å². The van der Waals surface area contributed by atoms with Crippen LogP contribution in [-0.2, 0) is 21.2 Å². The first kappa shape index (κ1) is 22.2. The molecule has 1 aliphatic rings. The molecule has 0 radical (unpaired) electrons. The second-order valence-electron chi connectivity index (χ2n) is 7.62. The topological polar surface area (TPSA) is 78.5 Å². The summed E-state index contributed by atoms with van der Waals surface area (Å²) in [7, 11) is -1.62. The molecule has 0 atom stereocenters. The monoisotopic (exact) mass is 433 g/mol. The molecule has 0 bridgehead atoms. The molecule has 162 valence electrons. The Morgan fingerprint density at radius 1 is 1.13 bits per heavy atom. The Morgan fingerprint density at radius 3 is 2.50 bits per heavy atom. The number of carbonyl (C=O) groups is 1. The minimum atomic E-state index is -3.45. The summed E-state index contributed by atoms with van der Waals surface area (Å²) in [4.78, 5) is 14.1. The molecule has 6 nitrogen and oxygen atoms in total. The highest BCUT2D eigenvalue weighted by Gasteiger charge is 2.27. The molecule has 8 heteroatoms. The molecule has 1 fully saturated rings. The van der Waals surface area contributed by atoms with Crippen molar-refractivity contribution in [2.45, 2.75) is 43.0 Å². The fraction of sp³-hybridized carbons (Fsp3) is 0.409. The number of hydrogen-bond acceptors (Lipinski definition) is 4. The van der Waals surface area contributed by atoms with Gasteiger partial charge in [0.15, 0.2) is 0 Å². The zero-order valence-corrected chi connectivity index (χ0v) is 17.9. The van der Waals surface area contributed by atoms with Gasteiger partial charge in [0.1, 0.15) is 5.82 Å². The Labute approximate surface area is 177 Å². The summed E-state index contributed by atoms with van der Waals surface area (Å²) in [6, 6.07) is 13.3. The van der Waals surface area contributed by atoms with Gasteiger partial charge in [0, 0.05) is 32.6 Å². The van der Waals surface area contributed by atoms with Crippen molar-refractivity contribution in [3.8, 4) is 0 Å². The van der Waals surface area contributed by atoms with Gasteiger partial charge < -0.3 is 10.2 Å². The van der Waals surface area contributed by atoms with E-state index >= 15 is 0 Å². The lowest BCUT2D eigenvalue weighted by atomic mass is 10.1. The number of nitrogens with zero attached hydrogens (tertiary/aromatic N) is 1. The summed E-state index contributed by atoms with van der Waals surface area (Å²) in [5.41, 5.74) is 1.46. The largest absolute Gasteiger partial charge is 0.372 e. The second kappa shape index (κ2) is 10.0. The van der Waals surface area contributed by atoms with Gasteiger partial charge in [-0.15, -0.1) is 0 Å². The number of halogens is 1. The molecule has 0 spiro atoms. The van der Waals surface area contributed by atoms with E-state index in [-0.39, 0.29) is 22.7 Å². The van der Waals surface area contributed by atoms with E-state index in [2.05, 4.69) is 10.0 Å². The minimum absolute atomic E-state index is 0.0596. The van der Waals surface area contributed by atoms with Crippen molar-refractivity contribution >= 4 is 21.6 Å². The van der Waals surface area contributed by atoms with Gasteiger partial charge in [0.05, 0.1) is 10.6 Å². The van der Waals surface area contributed by atoms with Gasteiger partial charge in [-0.2, -0.15) is 0 Å². The van der Waals surface area contributed by atoms with Crippen molar-refractivity contribution in [2.75, 3.05) is 25.0 Å². The van der Waals surface area contributed by atoms with Crippen molar-refractivity contribution in [3.05, 3.63) is 59.9 Å². The predicted molar refractivity (Wildman–Crippen MR) is 115 cm³/mol. The van der Waals surface area contributed by atoms with Crippen LogP contribution in [0.1, 0.15) is 31.2 Å². The molecule has 2 aromatic carbocycles. The molecule has 1 aliphatic carbocycles. The van der Waals surface area contributed by atoms with Crippen LogP contribution in [0, 0.1) is 5.82 Å². The maximum Gasteiger partial charge on any atom is 0.240 e.